The summed E-state index contributed by atoms with van der Waals surface area (Å²) in [5, 5.41) is 26.1. The van der Waals surface area contributed by atoms with Crippen LogP contribution in [0.4, 0.5) is 4.39 Å². The average Bonchev–Trinajstić information content (AvgIpc) is 2.93. The Kier molecular flexibility index (Phi) is 3.30. The fraction of sp³-hybridized carbons (Fsp3) is 0. The summed E-state index contributed by atoms with van der Waals surface area (Å²) in [5.41, 5.74) is 0.726. The maximum Gasteiger partial charge on any atom is 0.358 e. The van der Waals surface area contributed by atoms with Crippen LogP contribution in [0.2, 0.25) is 0 Å². The van der Waals surface area contributed by atoms with Gasteiger partial charge in [0.1, 0.15) is 17.3 Å². The first-order valence-electron chi connectivity index (χ1n) is 6.30. The van der Waals surface area contributed by atoms with Gasteiger partial charge < -0.3 is 10.2 Å². The molecular formula is C15H10FN3O3. The molecule has 0 aliphatic carbocycles. The fourth-order valence-corrected chi connectivity index (χ4v) is 2.10. The van der Waals surface area contributed by atoms with Crippen molar-refractivity contribution < 1.29 is 19.4 Å². The van der Waals surface area contributed by atoms with Gasteiger partial charge in [0, 0.05) is 5.56 Å². The number of phenols is 1. The van der Waals surface area contributed by atoms with Crippen LogP contribution in [-0.2, 0) is 0 Å². The Morgan fingerprint density at radius 1 is 1.14 bits per heavy atom. The van der Waals surface area contributed by atoms with E-state index in [0.717, 1.165) is 0 Å². The quantitative estimate of drug-likeness (QED) is 0.775. The number of carboxylic acids is 1. The lowest BCUT2D eigenvalue weighted by molar-refractivity contribution is 0.0691. The zero-order valence-electron chi connectivity index (χ0n) is 11.1. The highest BCUT2D eigenvalue weighted by Gasteiger charge is 2.21. The number of halogens is 1. The molecule has 0 atom stereocenters. The van der Waals surface area contributed by atoms with Crippen molar-refractivity contribution in [3.8, 4) is 22.7 Å². The number of hydrogen-bond donors (Lipinski definition) is 2. The van der Waals surface area contributed by atoms with E-state index in [1.165, 1.54) is 35.0 Å². The molecule has 1 aromatic heterocycles. The third kappa shape index (κ3) is 2.39. The van der Waals surface area contributed by atoms with Gasteiger partial charge in [-0.1, -0.05) is 17.3 Å². The van der Waals surface area contributed by atoms with Crippen LogP contribution in [0, 0.1) is 5.82 Å². The standard InChI is InChI=1S/C15H10FN3O3/c16-10-3-1-2-9(8-10)14-13(15(21)22)17-18-19(14)11-4-6-12(20)7-5-11/h1-8,20H,(H,21,22). The molecule has 2 N–H and O–H groups in total. The summed E-state index contributed by atoms with van der Waals surface area (Å²) < 4.78 is 14.7. The molecule has 110 valence electrons. The lowest BCUT2D eigenvalue weighted by Gasteiger charge is -2.07. The van der Waals surface area contributed by atoms with Gasteiger partial charge in [-0.2, -0.15) is 0 Å². The molecule has 0 aliphatic rings. The zero-order valence-corrected chi connectivity index (χ0v) is 11.1. The summed E-state index contributed by atoms with van der Waals surface area (Å²) in [5.74, 6) is -1.69. The maximum absolute atomic E-state index is 13.4. The van der Waals surface area contributed by atoms with Gasteiger partial charge in [-0.15, -0.1) is 5.10 Å². The molecular weight excluding hydrogens is 289 g/mol. The van der Waals surface area contributed by atoms with Gasteiger partial charge in [0.25, 0.3) is 0 Å². The molecule has 0 saturated heterocycles. The van der Waals surface area contributed by atoms with Gasteiger partial charge in [0.15, 0.2) is 5.69 Å². The molecule has 0 amide bonds. The molecule has 7 heteroatoms. The van der Waals surface area contributed by atoms with E-state index in [0.29, 0.717) is 11.3 Å². The summed E-state index contributed by atoms with van der Waals surface area (Å²) in [4.78, 5) is 11.3. The van der Waals surface area contributed by atoms with Crippen LogP contribution in [0.15, 0.2) is 48.5 Å². The Morgan fingerprint density at radius 3 is 2.50 bits per heavy atom. The minimum atomic E-state index is -1.26. The summed E-state index contributed by atoms with van der Waals surface area (Å²) in [7, 11) is 0. The van der Waals surface area contributed by atoms with E-state index < -0.39 is 11.8 Å². The molecule has 3 rings (SSSR count). The molecule has 0 saturated carbocycles. The minimum Gasteiger partial charge on any atom is -0.508 e. The van der Waals surface area contributed by atoms with Crippen molar-refractivity contribution in [2.24, 2.45) is 0 Å². The predicted octanol–water partition coefficient (Wildman–Crippen LogP) is 2.48. The van der Waals surface area contributed by atoms with Crippen molar-refractivity contribution in [3.05, 3.63) is 60.0 Å². The summed E-state index contributed by atoms with van der Waals surface area (Å²) in [6.45, 7) is 0. The SMILES string of the molecule is O=C(O)c1nnn(-c2ccc(O)cc2)c1-c1cccc(F)c1. The monoisotopic (exact) mass is 299 g/mol. The number of phenolic OH excluding ortho intramolecular Hbond substituents is 1. The third-order valence-corrected chi connectivity index (χ3v) is 3.07. The number of nitrogens with zero attached hydrogens (tertiary/aromatic N) is 3. The number of carbonyl (C=O) groups is 1. The summed E-state index contributed by atoms with van der Waals surface area (Å²) >= 11 is 0. The number of benzene rings is 2. The third-order valence-electron chi connectivity index (χ3n) is 3.07. The van der Waals surface area contributed by atoms with Gasteiger partial charge in [0.2, 0.25) is 0 Å². The molecule has 0 fully saturated rings. The van der Waals surface area contributed by atoms with Gasteiger partial charge in [0.05, 0.1) is 5.69 Å². The van der Waals surface area contributed by atoms with Crippen molar-refractivity contribution >= 4 is 5.97 Å². The predicted molar refractivity (Wildman–Crippen MR) is 75.4 cm³/mol. The van der Waals surface area contributed by atoms with Crippen LogP contribution in [-0.4, -0.2) is 31.2 Å². The van der Waals surface area contributed by atoms with Crippen LogP contribution < -0.4 is 0 Å². The second-order valence-electron chi connectivity index (χ2n) is 4.53. The van der Waals surface area contributed by atoms with E-state index in [9.17, 15) is 19.4 Å². The van der Waals surface area contributed by atoms with Crippen molar-refractivity contribution in [1.29, 1.82) is 0 Å². The number of aromatic carboxylic acids is 1. The van der Waals surface area contributed by atoms with Gasteiger partial charge >= 0.3 is 5.97 Å². The highest BCUT2D eigenvalue weighted by atomic mass is 19.1. The smallest absolute Gasteiger partial charge is 0.358 e. The van der Waals surface area contributed by atoms with Crippen LogP contribution >= 0.6 is 0 Å². The topological polar surface area (TPSA) is 88.2 Å². The average molecular weight is 299 g/mol. The lowest BCUT2D eigenvalue weighted by atomic mass is 10.1. The summed E-state index contributed by atoms with van der Waals surface area (Å²) in [6, 6.07) is 11.5. The first-order chi connectivity index (χ1) is 10.6. The van der Waals surface area contributed by atoms with Gasteiger partial charge in [-0.3, -0.25) is 0 Å². The molecule has 3 aromatic rings. The molecule has 1 heterocycles. The van der Waals surface area contributed by atoms with E-state index in [1.807, 2.05) is 0 Å². The van der Waals surface area contributed by atoms with Crippen LogP contribution in [0.1, 0.15) is 10.5 Å². The van der Waals surface area contributed by atoms with E-state index in [-0.39, 0.29) is 17.1 Å². The van der Waals surface area contributed by atoms with Crippen molar-refractivity contribution in [2.45, 2.75) is 0 Å². The molecule has 0 unspecified atom stereocenters. The first-order valence-corrected chi connectivity index (χ1v) is 6.30. The van der Waals surface area contributed by atoms with Crippen LogP contribution in [0.3, 0.4) is 0 Å². The van der Waals surface area contributed by atoms with Crippen molar-refractivity contribution in [3.63, 3.8) is 0 Å². The van der Waals surface area contributed by atoms with Crippen LogP contribution in [0.5, 0.6) is 5.75 Å². The molecule has 0 spiro atoms. The second kappa shape index (κ2) is 5.28. The number of rotatable bonds is 3. The Morgan fingerprint density at radius 2 is 1.86 bits per heavy atom. The molecule has 2 aromatic carbocycles. The van der Waals surface area contributed by atoms with Crippen LogP contribution in [0.25, 0.3) is 16.9 Å². The zero-order chi connectivity index (χ0) is 15.7. The van der Waals surface area contributed by atoms with E-state index in [4.69, 9.17) is 0 Å². The molecule has 22 heavy (non-hydrogen) atoms. The highest BCUT2D eigenvalue weighted by Crippen LogP contribution is 2.26. The molecule has 0 radical (unpaired) electrons. The number of hydrogen-bond acceptors (Lipinski definition) is 4. The Balaban J connectivity index is 2.24. The van der Waals surface area contributed by atoms with E-state index in [1.54, 1.807) is 18.2 Å². The molecule has 6 nitrogen and oxygen atoms in total. The van der Waals surface area contributed by atoms with Gasteiger partial charge in [-0.05, 0) is 36.4 Å². The Bertz CT molecular complexity index is 843. The first kappa shape index (κ1) is 13.7. The fourth-order valence-electron chi connectivity index (χ4n) is 2.10. The van der Waals surface area contributed by atoms with Crippen molar-refractivity contribution in [1.82, 2.24) is 15.0 Å². The Hall–Kier alpha value is -3.22. The normalized spacial score (nSPS) is 10.6. The number of carboxylic acid groups (broad SMARTS) is 1. The number of aromatic nitrogens is 3. The largest absolute Gasteiger partial charge is 0.508 e. The van der Waals surface area contributed by atoms with Gasteiger partial charge in [-0.25, -0.2) is 13.9 Å². The van der Waals surface area contributed by atoms with Crippen molar-refractivity contribution in [2.75, 3.05) is 0 Å². The number of aromatic hydroxyl groups is 1. The van der Waals surface area contributed by atoms with E-state index in [2.05, 4.69) is 10.3 Å². The molecule has 0 bridgehead atoms. The van der Waals surface area contributed by atoms with E-state index >= 15 is 0 Å². The lowest BCUT2D eigenvalue weighted by Crippen LogP contribution is -2.03. The Labute approximate surface area is 124 Å². The maximum atomic E-state index is 13.4. The minimum absolute atomic E-state index is 0.0645. The summed E-state index contributed by atoms with van der Waals surface area (Å²) in [6.07, 6.45) is 0. The molecule has 0 aliphatic heterocycles. The highest BCUT2D eigenvalue weighted by molar-refractivity contribution is 5.93. The second-order valence-corrected chi connectivity index (χ2v) is 4.53.